The number of aryl methyl sites for hydroxylation is 2. The van der Waals surface area contributed by atoms with Gasteiger partial charge >= 0.3 is 0 Å². The van der Waals surface area contributed by atoms with Gasteiger partial charge in [-0.1, -0.05) is 30.3 Å². The Labute approximate surface area is 221 Å². The molecular formula is C29H32N6O3. The number of rotatable bonds is 8. The van der Waals surface area contributed by atoms with E-state index in [0.717, 1.165) is 22.5 Å². The van der Waals surface area contributed by atoms with Gasteiger partial charge in [-0.05, 0) is 49.4 Å². The van der Waals surface area contributed by atoms with E-state index in [-0.39, 0.29) is 12.0 Å². The molecule has 3 N–H and O–H groups in total. The summed E-state index contributed by atoms with van der Waals surface area (Å²) in [7, 11) is 1.84. The highest BCUT2D eigenvalue weighted by molar-refractivity contribution is 6.03. The van der Waals surface area contributed by atoms with Crippen molar-refractivity contribution in [2.24, 2.45) is 12.8 Å². The Morgan fingerprint density at radius 2 is 1.82 bits per heavy atom. The molecule has 0 unspecified atom stereocenters. The molecule has 1 aliphatic rings. The number of aromatic nitrogens is 4. The second-order valence-corrected chi connectivity index (χ2v) is 9.72. The zero-order valence-electron chi connectivity index (χ0n) is 21.5. The molecule has 196 valence electrons. The minimum absolute atomic E-state index is 0.109. The maximum Gasteiger partial charge on any atom is 0.249 e. The third kappa shape index (κ3) is 5.38. The number of hydrogen-bond donors (Lipinski definition) is 2. The Balaban J connectivity index is 1.49. The molecule has 2 amide bonds. The lowest BCUT2D eigenvalue weighted by molar-refractivity contribution is -0.133. The quantitative estimate of drug-likeness (QED) is 0.375. The van der Waals surface area contributed by atoms with Gasteiger partial charge in [0.25, 0.3) is 0 Å². The fourth-order valence-electron chi connectivity index (χ4n) is 5.00. The van der Waals surface area contributed by atoms with Crippen LogP contribution in [0.5, 0.6) is 0 Å². The summed E-state index contributed by atoms with van der Waals surface area (Å²) in [6.45, 7) is 1.21. The van der Waals surface area contributed by atoms with Gasteiger partial charge < -0.3 is 15.7 Å². The van der Waals surface area contributed by atoms with Crippen molar-refractivity contribution in [3.05, 3.63) is 78.4 Å². The molecule has 0 bridgehead atoms. The minimum Gasteiger partial charge on any atom is -0.393 e. The molecule has 1 saturated heterocycles. The van der Waals surface area contributed by atoms with Gasteiger partial charge in [0.15, 0.2) is 0 Å². The van der Waals surface area contributed by atoms with Crippen LogP contribution in [0.25, 0.3) is 28.2 Å². The number of para-hydroxylation sites is 1. The third-order valence-corrected chi connectivity index (χ3v) is 7.00. The molecule has 2 aromatic carbocycles. The number of amides is 2. The van der Waals surface area contributed by atoms with Crippen LogP contribution in [0.15, 0.2) is 67.1 Å². The molecule has 9 heteroatoms. The summed E-state index contributed by atoms with van der Waals surface area (Å²) in [5.74, 6) is 0.181. The summed E-state index contributed by atoms with van der Waals surface area (Å²) in [5.41, 5.74) is 10.3. The molecular weight excluding hydrogens is 480 g/mol. The number of carbonyl (C=O) groups excluding carboxylic acids is 2. The number of benzene rings is 2. The molecule has 2 aromatic heterocycles. The molecule has 1 aliphatic heterocycles. The number of aliphatic hydroxyl groups is 1. The highest BCUT2D eigenvalue weighted by Gasteiger charge is 2.24. The Morgan fingerprint density at radius 1 is 1.05 bits per heavy atom. The van der Waals surface area contributed by atoms with Crippen LogP contribution in [-0.4, -0.2) is 60.3 Å². The van der Waals surface area contributed by atoms with Crippen molar-refractivity contribution in [2.75, 3.05) is 13.1 Å². The van der Waals surface area contributed by atoms with E-state index in [1.807, 2.05) is 71.4 Å². The van der Waals surface area contributed by atoms with Gasteiger partial charge in [0.05, 0.1) is 23.6 Å². The van der Waals surface area contributed by atoms with E-state index in [1.165, 1.54) is 0 Å². The molecule has 3 heterocycles. The van der Waals surface area contributed by atoms with E-state index in [2.05, 4.69) is 5.10 Å². The van der Waals surface area contributed by atoms with E-state index < -0.39 is 5.91 Å². The van der Waals surface area contributed by atoms with Crippen LogP contribution in [0.3, 0.4) is 0 Å². The van der Waals surface area contributed by atoms with E-state index in [4.69, 9.17) is 10.7 Å². The molecule has 38 heavy (non-hydrogen) atoms. The topological polar surface area (TPSA) is 119 Å². The van der Waals surface area contributed by atoms with Crippen molar-refractivity contribution in [1.82, 2.24) is 24.2 Å². The average molecular weight is 513 g/mol. The van der Waals surface area contributed by atoms with E-state index in [9.17, 15) is 14.7 Å². The summed E-state index contributed by atoms with van der Waals surface area (Å²) in [6.07, 6.45) is 8.26. The largest absolute Gasteiger partial charge is 0.393 e. The van der Waals surface area contributed by atoms with Gasteiger partial charge in [0, 0.05) is 55.8 Å². The Hall–Kier alpha value is -4.24. The molecule has 0 aliphatic carbocycles. The van der Waals surface area contributed by atoms with Crippen LogP contribution in [0.2, 0.25) is 0 Å². The van der Waals surface area contributed by atoms with Gasteiger partial charge in [-0.15, -0.1) is 0 Å². The third-order valence-electron chi connectivity index (χ3n) is 7.00. The predicted molar refractivity (Wildman–Crippen MR) is 144 cm³/mol. The molecule has 0 atom stereocenters. The molecule has 0 spiro atoms. The number of hydrogen-bond acceptors (Lipinski definition) is 5. The van der Waals surface area contributed by atoms with Crippen molar-refractivity contribution in [3.63, 3.8) is 0 Å². The Kier molecular flexibility index (Phi) is 7.37. The van der Waals surface area contributed by atoms with Crippen molar-refractivity contribution >= 4 is 11.8 Å². The van der Waals surface area contributed by atoms with Crippen LogP contribution >= 0.6 is 0 Å². The number of nitrogens with two attached hydrogens (primary N) is 1. The van der Waals surface area contributed by atoms with Crippen LogP contribution in [-0.2, 0) is 18.3 Å². The van der Waals surface area contributed by atoms with E-state index in [0.29, 0.717) is 62.1 Å². The zero-order chi connectivity index (χ0) is 26.6. The number of primary amides is 1. The standard InChI is InChI=1S/C29H32N6O3/c1-33-18-20(17-31-33)24-10-6-11-25(28(30)38)27(24)29-32-21(19-35(29)22-8-3-2-4-9-22)7-5-12-26(37)34-15-13-23(36)14-16-34/h2-4,6,8-11,17-19,23,36H,5,7,12-16H2,1H3,(H2,30,38). The van der Waals surface area contributed by atoms with E-state index in [1.54, 1.807) is 16.9 Å². The van der Waals surface area contributed by atoms with Gasteiger partial charge in [-0.25, -0.2) is 4.98 Å². The van der Waals surface area contributed by atoms with Crippen molar-refractivity contribution in [1.29, 1.82) is 0 Å². The lowest BCUT2D eigenvalue weighted by Crippen LogP contribution is -2.39. The first-order valence-electron chi connectivity index (χ1n) is 12.9. The number of nitrogens with zero attached hydrogens (tertiary/aromatic N) is 5. The molecule has 0 radical (unpaired) electrons. The Morgan fingerprint density at radius 3 is 2.50 bits per heavy atom. The smallest absolute Gasteiger partial charge is 0.249 e. The van der Waals surface area contributed by atoms with Crippen LogP contribution in [0.1, 0.15) is 41.7 Å². The summed E-state index contributed by atoms with van der Waals surface area (Å²) < 4.78 is 3.69. The average Bonchev–Trinajstić information content (AvgIpc) is 3.55. The Bertz CT molecular complexity index is 1430. The molecule has 9 nitrogen and oxygen atoms in total. The van der Waals surface area contributed by atoms with Crippen LogP contribution in [0, 0.1) is 0 Å². The highest BCUT2D eigenvalue weighted by atomic mass is 16.3. The van der Waals surface area contributed by atoms with Crippen molar-refractivity contribution in [3.8, 4) is 28.2 Å². The van der Waals surface area contributed by atoms with Gasteiger partial charge in [0.2, 0.25) is 11.8 Å². The van der Waals surface area contributed by atoms with Crippen molar-refractivity contribution in [2.45, 2.75) is 38.2 Å². The van der Waals surface area contributed by atoms with Crippen molar-refractivity contribution < 1.29 is 14.7 Å². The van der Waals surface area contributed by atoms with Crippen LogP contribution in [0.4, 0.5) is 0 Å². The van der Waals surface area contributed by atoms with Crippen LogP contribution < -0.4 is 5.73 Å². The normalized spacial score (nSPS) is 14.1. The summed E-state index contributed by atoms with van der Waals surface area (Å²) in [5, 5.41) is 14.0. The second kappa shape index (κ2) is 11.0. The fourth-order valence-corrected chi connectivity index (χ4v) is 5.00. The van der Waals surface area contributed by atoms with Gasteiger partial charge in [0.1, 0.15) is 5.82 Å². The van der Waals surface area contributed by atoms with Gasteiger partial charge in [-0.3, -0.25) is 18.8 Å². The number of carbonyl (C=O) groups is 2. The first kappa shape index (κ1) is 25.4. The molecule has 0 saturated carbocycles. The monoisotopic (exact) mass is 512 g/mol. The van der Waals surface area contributed by atoms with E-state index >= 15 is 0 Å². The number of piperidine rings is 1. The molecule has 1 fully saturated rings. The summed E-state index contributed by atoms with van der Waals surface area (Å²) in [6, 6.07) is 15.3. The summed E-state index contributed by atoms with van der Waals surface area (Å²) in [4.78, 5) is 32.1. The predicted octanol–water partition coefficient (Wildman–Crippen LogP) is 3.34. The molecule has 4 aromatic rings. The molecule has 5 rings (SSSR count). The SMILES string of the molecule is Cn1cc(-c2cccc(C(N)=O)c2-c2nc(CCCC(=O)N3CCC(O)CC3)cn2-c2ccccc2)cn1. The lowest BCUT2D eigenvalue weighted by Gasteiger charge is -2.29. The summed E-state index contributed by atoms with van der Waals surface area (Å²) >= 11 is 0. The fraction of sp³-hybridized carbons (Fsp3) is 0.310. The first-order valence-corrected chi connectivity index (χ1v) is 12.9. The number of likely N-dealkylation sites (tertiary alicyclic amines) is 1. The lowest BCUT2D eigenvalue weighted by atomic mass is 9.96. The van der Waals surface area contributed by atoms with Gasteiger partial charge in [-0.2, -0.15) is 5.10 Å². The number of imidazole rings is 1. The maximum atomic E-state index is 12.7. The maximum absolute atomic E-state index is 12.7. The highest BCUT2D eigenvalue weighted by Crippen LogP contribution is 2.36. The zero-order valence-corrected chi connectivity index (χ0v) is 21.5. The second-order valence-electron chi connectivity index (χ2n) is 9.72. The first-order chi connectivity index (χ1) is 18.4. The minimum atomic E-state index is -0.535. The number of aliphatic hydroxyl groups excluding tert-OH is 1.